The van der Waals surface area contributed by atoms with E-state index in [-0.39, 0.29) is 5.75 Å². The molecule has 0 spiro atoms. The summed E-state index contributed by atoms with van der Waals surface area (Å²) in [6.45, 7) is 4.70. The van der Waals surface area contributed by atoms with Crippen molar-refractivity contribution < 1.29 is 14.7 Å². The van der Waals surface area contributed by atoms with E-state index in [2.05, 4.69) is 11.2 Å². The maximum absolute atomic E-state index is 10.1. The van der Waals surface area contributed by atoms with Gasteiger partial charge >= 0.3 is 0 Å². The number of hydrogen-bond acceptors (Lipinski definition) is 4. The zero-order chi connectivity index (χ0) is 17.6. The van der Waals surface area contributed by atoms with E-state index < -0.39 is 0 Å². The minimum atomic E-state index is 0.122. The van der Waals surface area contributed by atoms with Crippen LogP contribution >= 0.6 is 11.6 Å². The molecule has 0 bridgehead atoms. The number of quaternary nitrogens is 1. The van der Waals surface area contributed by atoms with Crippen molar-refractivity contribution in [2.75, 3.05) is 33.3 Å². The number of phenols is 1. The molecule has 0 aliphatic carbocycles. The molecule has 2 aromatic rings. The van der Waals surface area contributed by atoms with Crippen LogP contribution in [0.4, 0.5) is 0 Å². The highest BCUT2D eigenvalue weighted by molar-refractivity contribution is 6.31. The molecule has 0 aromatic heterocycles. The molecule has 1 fully saturated rings. The van der Waals surface area contributed by atoms with E-state index in [1.54, 1.807) is 12.3 Å². The first-order valence-electron chi connectivity index (χ1n) is 8.39. The van der Waals surface area contributed by atoms with Crippen LogP contribution in [0.15, 0.2) is 47.6 Å². The Kier molecular flexibility index (Phi) is 5.79. The monoisotopic (exact) mass is 360 g/mol. The summed E-state index contributed by atoms with van der Waals surface area (Å²) in [6.07, 6.45) is 1.69. The highest BCUT2D eigenvalue weighted by Gasteiger charge is 2.19. The molecular formula is C19H23ClN3O2+. The minimum absolute atomic E-state index is 0.122. The molecule has 0 saturated carbocycles. The molecule has 0 unspecified atom stereocenters. The molecule has 1 heterocycles. The van der Waals surface area contributed by atoms with E-state index >= 15 is 0 Å². The zero-order valence-electron chi connectivity index (χ0n) is 14.3. The fraction of sp³-hybridized carbons (Fsp3) is 0.316. The maximum Gasteiger partial charge on any atom is 0.166 e. The highest BCUT2D eigenvalue weighted by atomic mass is 35.5. The molecule has 1 saturated heterocycles. The fourth-order valence-electron chi connectivity index (χ4n) is 2.97. The summed E-state index contributed by atoms with van der Waals surface area (Å²) in [5.74, 6) is 0.578. The van der Waals surface area contributed by atoms with Gasteiger partial charge in [0.2, 0.25) is 0 Å². The number of nitrogens with one attached hydrogen (secondary N) is 1. The second kappa shape index (κ2) is 8.23. The summed E-state index contributed by atoms with van der Waals surface area (Å²) in [4.78, 5) is 1.50. The van der Waals surface area contributed by atoms with Gasteiger partial charge in [-0.15, -0.1) is 0 Å². The number of rotatable bonds is 5. The Bertz CT molecular complexity index is 743. The topological polar surface area (TPSA) is 49.5 Å². The zero-order valence-corrected chi connectivity index (χ0v) is 15.0. The molecule has 5 nitrogen and oxygen atoms in total. The first-order valence-corrected chi connectivity index (χ1v) is 8.77. The highest BCUT2D eigenvalue weighted by Crippen LogP contribution is 2.28. The Morgan fingerprint density at radius 2 is 1.96 bits per heavy atom. The van der Waals surface area contributed by atoms with Gasteiger partial charge in [0.05, 0.1) is 39.5 Å². The molecule has 0 atom stereocenters. The van der Waals surface area contributed by atoms with Crippen molar-refractivity contribution in [1.29, 1.82) is 0 Å². The molecule has 1 aliphatic heterocycles. The SMILES string of the molecule is COc1cccc(C=NN2CC[NH+](Cc3ccccc3Cl)CC2)c1O. The summed E-state index contributed by atoms with van der Waals surface area (Å²) < 4.78 is 5.12. The Morgan fingerprint density at radius 1 is 1.20 bits per heavy atom. The number of methoxy groups -OCH3 is 1. The Balaban J connectivity index is 1.55. The molecule has 0 radical (unpaired) electrons. The van der Waals surface area contributed by atoms with E-state index in [0.717, 1.165) is 37.7 Å². The average Bonchev–Trinajstić information content (AvgIpc) is 2.64. The summed E-state index contributed by atoms with van der Waals surface area (Å²) in [5.41, 5.74) is 1.85. The van der Waals surface area contributed by atoms with Crippen molar-refractivity contribution in [3.05, 3.63) is 58.6 Å². The standard InChI is InChI=1S/C19H22ClN3O2/c1-25-18-8-4-6-15(19(18)24)13-21-23-11-9-22(10-12-23)14-16-5-2-3-7-17(16)20/h2-8,13,24H,9-12,14H2,1H3/p+1. The molecule has 2 aromatic carbocycles. The third kappa shape index (κ3) is 4.44. The van der Waals surface area contributed by atoms with Gasteiger partial charge in [0.25, 0.3) is 0 Å². The lowest BCUT2D eigenvalue weighted by Crippen LogP contribution is -3.13. The fourth-order valence-corrected chi connectivity index (χ4v) is 3.17. The van der Waals surface area contributed by atoms with Gasteiger partial charge in [0.15, 0.2) is 11.5 Å². The van der Waals surface area contributed by atoms with E-state index in [4.69, 9.17) is 16.3 Å². The number of hydrogen-bond donors (Lipinski definition) is 2. The van der Waals surface area contributed by atoms with E-state index in [0.29, 0.717) is 11.3 Å². The van der Waals surface area contributed by atoms with Gasteiger partial charge in [-0.25, -0.2) is 0 Å². The van der Waals surface area contributed by atoms with Crippen molar-refractivity contribution in [2.24, 2.45) is 5.10 Å². The van der Waals surface area contributed by atoms with Crippen molar-refractivity contribution in [3.8, 4) is 11.5 Å². The number of para-hydroxylation sites is 1. The second-order valence-corrected chi connectivity index (χ2v) is 6.52. The number of aromatic hydroxyl groups is 1. The van der Waals surface area contributed by atoms with E-state index in [9.17, 15) is 5.11 Å². The van der Waals surface area contributed by atoms with Crippen molar-refractivity contribution in [2.45, 2.75) is 6.54 Å². The smallest absolute Gasteiger partial charge is 0.166 e. The Morgan fingerprint density at radius 3 is 2.68 bits per heavy atom. The van der Waals surface area contributed by atoms with Crippen LogP contribution < -0.4 is 9.64 Å². The van der Waals surface area contributed by atoms with Gasteiger partial charge in [-0.2, -0.15) is 5.10 Å². The van der Waals surface area contributed by atoms with Gasteiger partial charge < -0.3 is 14.7 Å². The second-order valence-electron chi connectivity index (χ2n) is 6.11. The third-order valence-corrected chi connectivity index (χ3v) is 4.82. The van der Waals surface area contributed by atoms with Crippen LogP contribution in [0.25, 0.3) is 0 Å². The largest absolute Gasteiger partial charge is 0.504 e. The molecule has 132 valence electrons. The van der Waals surface area contributed by atoms with Crippen LogP contribution in [-0.4, -0.2) is 49.6 Å². The Labute approximate surface area is 153 Å². The van der Waals surface area contributed by atoms with Crippen molar-refractivity contribution >= 4 is 17.8 Å². The van der Waals surface area contributed by atoms with Crippen LogP contribution in [0.1, 0.15) is 11.1 Å². The molecule has 3 rings (SSSR count). The van der Waals surface area contributed by atoms with Crippen LogP contribution in [-0.2, 0) is 6.54 Å². The lowest BCUT2D eigenvalue weighted by Gasteiger charge is -2.30. The maximum atomic E-state index is 10.1. The number of phenolic OH excluding ortho intramolecular Hbond substituents is 1. The minimum Gasteiger partial charge on any atom is -0.504 e. The summed E-state index contributed by atoms with van der Waals surface area (Å²) in [6, 6.07) is 13.4. The molecule has 2 N–H and O–H groups in total. The quantitative estimate of drug-likeness (QED) is 0.799. The predicted molar refractivity (Wildman–Crippen MR) is 99.7 cm³/mol. The molecular weight excluding hydrogens is 338 g/mol. The van der Waals surface area contributed by atoms with E-state index in [1.807, 2.05) is 35.3 Å². The van der Waals surface area contributed by atoms with Gasteiger partial charge in [0.1, 0.15) is 6.54 Å². The lowest BCUT2D eigenvalue weighted by atomic mass is 10.2. The Hall–Kier alpha value is -2.24. The molecule has 0 amide bonds. The van der Waals surface area contributed by atoms with E-state index in [1.165, 1.54) is 17.6 Å². The summed E-state index contributed by atoms with van der Waals surface area (Å²) in [5, 5.41) is 17.5. The number of nitrogens with zero attached hydrogens (tertiary/aromatic N) is 2. The number of piperazine rings is 1. The van der Waals surface area contributed by atoms with Crippen molar-refractivity contribution in [3.63, 3.8) is 0 Å². The lowest BCUT2D eigenvalue weighted by molar-refractivity contribution is -0.918. The number of hydrazone groups is 1. The van der Waals surface area contributed by atoms with Crippen LogP contribution in [0.2, 0.25) is 5.02 Å². The van der Waals surface area contributed by atoms with Crippen LogP contribution in [0.3, 0.4) is 0 Å². The van der Waals surface area contributed by atoms with Crippen LogP contribution in [0, 0.1) is 0 Å². The summed E-state index contributed by atoms with van der Waals surface area (Å²) >= 11 is 6.25. The van der Waals surface area contributed by atoms with Gasteiger partial charge in [0, 0.05) is 16.1 Å². The van der Waals surface area contributed by atoms with Crippen LogP contribution in [0.5, 0.6) is 11.5 Å². The molecule has 6 heteroatoms. The average molecular weight is 361 g/mol. The van der Waals surface area contributed by atoms with Gasteiger partial charge in [-0.3, -0.25) is 5.01 Å². The number of halogens is 1. The first-order chi connectivity index (χ1) is 12.2. The van der Waals surface area contributed by atoms with Crippen molar-refractivity contribution in [1.82, 2.24) is 5.01 Å². The predicted octanol–water partition coefficient (Wildman–Crippen LogP) is 1.79. The first kappa shape index (κ1) is 17.6. The third-order valence-electron chi connectivity index (χ3n) is 4.46. The van der Waals surface area contributed by atoms with Gasteiger partial charge in [-0.05, 0) is 18.2 Å². The number of ether oxygens (including phenoxy) is 1. The summed E-state index contributed by atoms with van der Waals surface area (Å²) in [7, 11) is 1.54. The molecule has 1 aliphatic rings. The normalized spacial score (nSPS) is 15.7. The van der Waals surface area contributed by atoms with Gasteiger partial charge in [-0.1, -0.05) is 35.9 Å². The molecule has 25 heavy (non-hydrogen) atoms. The number of benzene rings is 2.